The maximum atomic E-state index is 11.8. The number of fused-ring (bicyclic) bond motifs is 1. The molecule has 0 bridgehead atoms. The maximum absolute atomic E-state index is 11.8. The van der Waals surface area contributed by atoms with Gasteiger partial charge in [0.2, 0.25) is 0 Å². The van der Waals surface area contributed by atoms with Crippen molar-refractivity contribution in [1.29, 1.82) is 0 Å². The van der Waals surface area contributed by atoms with Gasteiger partial charge in [-0.3, -0.25) is 4.79 Å². The van der Waals surface area contributed by atoms with Gasteiger partial charge in [-0.15, -0.1) is 0 Å². The molecule has 1 aliphatic rings. The zero-order valence-electron chi connectivity index (χ0n) is 9.57. The van der Waals surface area contributed by atoms with Crippen LogP contribution in [0.1, 0.15) is 12.0 Å². The molecule has 0 aliphatic carbocycles. The van der Waals surface area contributed by atoms with Gasteiger partial charge >= 0.3 is 0 Å². The number of rotatable bonds is 1. The molecule has 0 atom stereocenters. The minimum Gasteiger partial charge on any atom is -0.493 e. The number of para-hydroxylation sites is 1. The summed E-state index contributed by atoms with van der Waals surface area (Å²) in [4.78, 5) is 11.8. The summed E-state index contributed by atoms with van der Waals surface area (Å²) in [5.41, 5.74) is 2.14. The predicted octanol–water partition coefficient (Wildman–Crippen LogP) is 2.42. The third-order valence-corrected chi connectivity index (χ3v) is 3.19. The van der Waals surface area contributed by atoms with Crippen LogP contribution in [0.4, 0.5) is 0 Å². The topological polar surface area (TPSA) is 55.0 Å². The lowest BCUT2D eigenvalue weighted by Crippen LogP contribution is -2.14. The minimum absolute atomic E-state index is 0.262. The fourth-order valence-corrected chi connectivity index (χ4v) is 2.33. The van der Waals surface area contributed by atoms with E-state index < -0.39 is 0 Å². The SMILES string of the molecule is O=c1[nH]nc(Cl)cc1-c1cccc2c1OCCC2. The molecule has 0 unspecified atom stereocenters. The molecule has 0 saturated carbocycles. The van der Waals surface area contributed by atoms with Gasteiger partial charge in [0, 0.05) is 5.56 Å². The predicted molar refractivity (Wildman–Crippen MR) is 69.1 cm³/mol. The Kier molecular flexibility index (Phi) is 2.80. The molecule has 1 aromatic carbocycles. The summed E-state index contributed by atoms with van der Waals surface area (Å²) in [5, 5.41) is 6.31. The number of nitrogens with one attached hydrogen (secondary N) is 1. The molecule has 0 fully saturated rings. The van der Waals surface area contributed by atoms with Gasteiger partial charge in [0.15, 0.2) is 0 Å². The number of H-pyrrole nitrogens is 1. The normalized spacial score (nSPS) is 13.8. The Morgan fingerprint density at radius 3 is 3.11 bits per heavy atom. The van der Waals surface area contributed by atoms with Crippen molar-refractivity contribution in [3.8, 4) is 16.9 Å². The maximum Gasteiger partial charge on any atom is 0.272 e. The van der Waals surface area contributed by atoms with Crippen LogP contribution in [0.25, 0.3) is 11.1 Å². The highest BCUT2D eigenvalue weighted by Gasteiger charge is 2.17. The largest absolute Gasteiger partial charge is 0.493 e. The average molecular weight is 263 g/mol. The molecule has 0 spiro atoms. The first-order valence-corrected chi connectivity index (χ1v) is 6.14. The molecular formula is C13H11ClN2O2. The smallest absolute Gasteiger partial charge is 0.272 e. The van der Waals surface area contributed by atoms with Crippen LogP contribution < -0.4 is 10.3 Å². The number of benzene rings is 1. The summed E-state index contributed by atoms with van der Waals surface area (Å²) in [6.45, 7) is 0.681. The van der Waals surface area contributed by atoms with Crippen molar-refractivity contribution in [3.63, 3.8) is 0 Å². The second-order valence-corrected chi connectivity index (χ2v) is 4.57. The van der Waals surface area contributed by atoms with Gasteiger partial charge in [0.05, 0.1) is 12.2 Å². The summed E-state index contributed by atoms with van der Waals surface area (Å²) in [6.07, 6.45) is 1.98. The van der Waals surface area contributed by atoms with Gasteiger partial charge in [-0.1, -0.05) is 29.8 Å². The molecule has 1 aromatic heterocycles. The Morgan fingerprint density at radius 1 is 1.33 bits per heavy atom. The summed E-state index contributed by atoms with van der Waals surface area (Å²) >= 11 is 5.83. The molecule has 1 aliphatic heterocycles. The average Bonchev–Trinajstić information content (AvgIpc) is 2.41. The first kappa shape index (κ1) is 11.3. The molecular weight excluding hydrogens is 252 g/mol. The van der Waals surface area contributed by atoms with Crippen LogP contribution in [0.3, 0.4) is 0 Å². The van der Waals surface area contributed by atoms with Crippen molar-refractivity contribution in [1.82, 2.24) is 10.2 Å². The van der Waals surface area contributed by atoms with E-state index in [1.165, 1.54) is 0 Å². The number of ether oxygens (including phenoxy) is 1. The highest BCUT2D eigenvalue weighted by Crippen LogP contribution is 2.34. The van der Waals surface area contributed by atoms with Gasteiger partial charge in [0.25, 0.3) is 5.56 Å². The second kappa shape index (κ2) is 4.46. The van der Waals surface area contributed by atoms with Crippen molar-refractivity contribution in [2.75, 3.05) is 6.61 Å². The van der Waals surface area contributed by atoms with Gasteiger partial charge in [-0.05, 0) is 24.5 Å². The standard InChI is InChI=1S/C13H11ClN2O2/c14-11-7-10(13(17)16-15-11)9-5-1-3-8-4-2-6-18-12(8)9/h1,3,5,7H,2,4,6H2,(H,16,17). The first-order valence-electron chi connectivity index (χ1n) is 5.76. The molecule has 0 amide bonds. The quantitative estimate of drug-likeness (QED) is 0.859. The van der Waals surface area contributed by atoms with Gasteiger partial charge < -0.3 is 4.74 Å². The van der Waals surface area contributed by atoms with E-state index in [0.29, 0.717) is 12.2 Å². The van der Waals surface area contributed by atoms with Crippen molar-refractivity contribution in [2.45, 2.75) is 12.8 Å². The molecule has 2 aromatic rings. The van der Waals surface area contributed by atoms with Crippen LogP contribution in [0.5, 0.6) is 5.75 Å². The Balaban J connectivity index is 2.23. The fourth-order valence-electron chi connectivity index (χ4n) is 2.18. The molecule has 3 rings (SSSR count). The zero-order chi connectivity index (χ0) is 12.5. The summed E-state index contributed by atoms with van der Waals surface area (Å²) < 4.78 is 5.69. The van der Waals surface area contributed by atoms with Crippen LogP contribution in [-0.2, 0) is 6.42 Å². The lowest BCUT2D eigenvalue weighted by Gasteiger charge is -2.20. The molecule has 0 saturated heterocycles. The summed E-state index contributed by atoms with van der Waals surface area (Å²) in [6, 6.07) is 7.38. The van der Waals surface area contributed by atoms with E-state index in [-0.39, 0.29) is 10.7 Å². The van der Waals surface area contributed by atoms with Crippen LogP contribution in [0, 0.1) is 0 Å². The van der Waals surface area contributed by atoms with E-state index in [4.69, 9.17) is 16.3 Å². The van der Waals surface area contributed by atoms with Crippen LogP contribution in [-0.4, -0.2) is 16.8 Å². The van der Waals surface area contributed by atoms with Crippen LogP contribution in [0.15, 0.2) is 29.1 Å². The number of aryl methyl sites for hydroxylation is 1. The van der Waals surface area contributed by atoms with Crippen molar-refractivity contribution < 1.29 is 4.74 Å². The van der Waals surface area contributed by atoms with E-state index in [2.05, 4.69) is 10.2 Å². The minimum atomic E-state index is -0.262. The Bertz CT molecular complexity index is 652. The van der Waals surface area contributed by atoms with Crippen molar-refractivity contribution in [3.05, 3.63) is 45.3 Å². The van der Waals surface area contributed by atoms with E-state index >= 15 is 0 Å². The molecule has 5 heteroatoms. The molecule has 0 radical (unpaired) electrons. The fraction of sp³-hybridized carbons (Fsp3) is 0.231. The number of hydrogen-bond donors (Lipinski definition) is 1. The second-order valence-electron chi connectivity index (χ2n) is 4.18. The number of hydrogen-bond acceptors (Lipinski definition) is 3. The lowest BCUT2D eigenvalue weighted by atomic mass is 9.99. The highest BCUT2D eigenvalue weighted by atomic mass is 35.5. The lowest BCUT2D eigenvalue weighted by molar-refractivity contribution is 0.289. The Morgan fingerprint density at radius 2 is 2.22 bits per heavy atom. The number of aromatic nitrogens is 2. The summed E-state index contributed by atoms with van der Waals surface area (Å²) in [5.74, 6) is 0.788. The molecule has 2 heterocycles. The first-order chi connectivity index (χ1) is 8.75. The molecule has 92 valence electrons. The van der Waals surface area contributed by atoms with E-state index in [1.807, 2.05) is 18.2 Å². The highest BCUT2D eigenvalue weighted by molar-refractivity contribution is 6.29. The molecule has 18 heavy (non-hydrogen) atoms. The number of nitrogens with zero attached hydrogens (tertiary/aromatic N) is 1. The molecule has 4 nitrogen and oxygen atoms in total. The van der Waals surface area contributed by atoms with Crippen LogP contribution >= 0.6 is 11.6 Å². The third-order valence-electron chi connectivity index (χ3n) is 3.00. The van der Waals surface area contributed by atoms with Gasteiger partial charge in [0.1, 0.15) is 10.9 Å². The summed E-state index contributed by atoms with van der Waals surface area (Å²) in [7, 11) is 0. The monoisotopic (exact) mass is 262 g/mol. The number of halogens is 1. The third kappa shape index (κ3) is 1.88. The van der Waals surface area contributed by atoms with Crippen molar-refractivity contribution in [2.24, 2.45) is 0 Å². The van der Waals surface area contributed by atoms with Gasteiger partial charge in [-0.25, -0.2) is 5.10 Å². The number of aromatic amines is 1. The van der Waals surface area contributed by atoms with E-state index in [9.17, 15) is 4.79 Å². The Hall–Kier alpha value is -1.81. The van der Waals surface area contributed by atoms with Crippen LogP contribution in [0.2, 0.25) is 5.15 Å². The van der Waals surface area contributed by atoms with E-state index in [0.717, 1.165) is 29.7 Å². The molecule has 1 N–H and O–H groups in total. The van der Waals surface area contributed by atoms with E-state index in [1.54, 1.807) is 6.07 Å². The van der Waals surface area contributed by atoms with Crippen molar-refractivity contribution >= 4 is 11.6 Å². The zero-order valence-corrected chi connectivity index (χ0v) is 10.3. The van der Waals surface area contributed by atoms with Gasteiger partial charge in [-0.2, -0.15) is 5.10 Å². The Labute approximate surface area is 109 Å².